The minimum absolute atomic E-state index is 0.00196. The van der Waals surface area contributed by atoms with Gasteiger partial charge in [-0.3, -0.25) is 14.4 Å². The van der Waals surface area contributed by atoms with Gasteiger partial charge in [-0.15, -0.1) is 0 Å². The number of hydrogen-bond donors (Lipinski definition) is 4. The summed E-state index contributed by atoms with van der Waals surface area (Å²) in [4.78, 5) is 36.9. The first-order chi connectivity index (χ1) is 14.4. The van der Waals surface area contributed by atoms with Crippen LogP contribution in [0.15, 0.2) is 48.5 Å². The van der Waals surface area contributed by atoms with E-state index in [1.807, 2.05) is 20.8 Å². The van der Waals surface area contributed by atoms with E-state index < -0.39 is 0 Å². The largest absolute Gasteiger partial charge is 0.376 e. The topological polar surface area (TPSA) is 99.3 Å². The number of nitrogens with one attached hydrogen (secondary N) is 4. The maximum Gasteiger partial charge on any atom is 0.253 e. The van der Waals surface area contributed by atoms with Gasteiger partial charge in [0.1, 0.15) is 0 Å². The van der Waals surface area contributed by atoms with Crippen molar-refractivity contribution < 1.29 is 14.4 Å². The summed E-state index contributed by atoms with van der Waals surface area (Å²) in [5, 5.41) is 11.5. The molecule has 0 aliphatic heterocycles. The quantitative estimate of drug-likeness (QED) is 0.483. The molecule has 2 aromatic rings. The fourth-order valence-electron chi connectivity index (χ4n) is 2.67. The Balaban J connectivity index is 1.96. The maximum absolute atomic E-state index is 12.4. The lowest BCUT2D eigenvalue weighted by Gasteiger charge is -2.13. The summed E-state index contributed by atoms with van der Waals surface area (Å²) in [6.07, 6.45) is 0.862. The zero-order chi connectivity index (χ0) is 21.9. The maximum atomic E-state index is 12.4. The number of amides is 3. The van der Waals surface area contributed by atoms with Crippen molar-refractivity contribution >= 4 is 29.1 Å². The summed E-state index contributed by atoms with van der Waals surface area (Å²) in [7, 11) is 0. The standard InChI is InChI=1S/C23H30N4O3/c1-4-12-24-22(29)17-8-7-9-18(13-17)25-15-21(28)27-20-11-6-5-10-19(20)23(30)26-14-16(2)3/h5-11,13,16,25H,4,12,14-15H2,1-3H3,(H,24,29)(H,26,30)(H,27,28). The minimum Gasteiger partial charge on any atom is -0.376 e. The normalized spacial score (nSPS) is 10.4. The van der Waals surface area contributed by atoms with Gasteiger partial charge in [0, 0.05) is 24.3 Å². The third kappa shape index (κ3) is 7.24. The van der Waals surface area contributed by atoms with E-state index in [1.54, 1.807) is 48.5 Å². The molecular formula is C23H30N4O3. The SMILES string of the molecule is CCCNC(=O)c1cccc(NCC(=O)Nc2ccccc2C(=O)NCC(C)C)c1. The molecule has 7 nitrogen and oxygen atoms in total. The zero-order valence-corrected chi connectivity index (χ0v) is 17.7. The van der Waals surface area contributed by atoms with Gasteiger partial charge in [0.05, 0.1) is 17.8 Å². The lowest BCUT2D eigenvalue weighted by molar-refractivity contribution is -0.114. The van der Waals surface area contributed by atoms with Crippen molar-refractivity contribution in [3.05, 3.63) is 59.7 Å². The van der Waals surface area contributed by atoms with Crippen LogP contribution >= 0.6 is 0 Å². The van der Waals surface area contributed by atoms with Crippen LogP contribution in [0.25, 0.3) is 0 Å². The van der Waals surface area contributed by atoms with E-state index >= 15 is 0 Å². The van der Waals surface area contributed by atoms with E-state index in [0.717, 1.165) is 6.42 Å². The first-order valence-corrected chi connectivity index (χ1v) is 10.2. The summed E-state index contributed by atoms with van der Waals surface area (Å²) in [5.74, 6) is -0.329. The summed E-state index contributed by atoms with van der Waals surface area (Å²) in [6, 6.07) is 13.9. The minimum atomic E-state index is -0.292. The molecule has 0 fully saturated rings. The average Bonchev–Trinajstić information content (AvgIpc) is 2.75. The molecule has 4 N–H and O–H groups in total. The van der Waals surface area contributed by atoms with Crippen LogP contribution in [0.2, 0.25) is 0 Å². The summed E-state index contributed by atoms with van der Waals surface area (Å²) in [6.45, 7) is 7.20. The Labute approximate surface area is 177 Å². The second kappa shape index (κ2) is 11.6. The monoisotopic (exact) mass is 410 g/mol. The van der Waals surface area contributed by atoms with E-state index in [2.05, 4.69) is 21.3 Å². The van der Waals surface area contributed by atoms with Crippen molar-refractivity contribution in [3.8, 4) is 0 Å². The van der Waals surface area contributed by atoms with Crippen LogP contribution in [0, 0.1) is 5.92 Å². The van der Waals surface area contributed by atoms with E-state index in [9.17, 15) is 14.4 Å². The van der Waals surface area contributed by atoms with Gasteiger partial charge >= 0.3 is 0 Å². The Bertz CT molecular complexity index is 880. The van der Waals surface area contributed by atoms with E-state index in [1.165, 1.54) is 0 Å². The highest BCUT2D eigenvalue weighted by Gasteiger charge is 2.13. The molecule has 0 aliphatic carbocycles. The fraction of sp³-hybridized carbons (Fsp3) is 0.348. The van der Waals surface area contributed by atoms with Gasteiger partial charge in [0.2, 0.25) is 5.91 Å². The third-order valence-electron chi connectivity index (χ3n) is 4.23. The Hall–Kier alpha value is -3.35. The summed E-state index contributed by atoms with van der Waals surface area (Å²) >= 11 is 0. The van der Waals surface area contributed by atoms with Crippen LogP contribution in [0.1, 0.15) is 47.9 Å². The predicted molar refractivity (Wildman–Crippen MR) is 120 cm³/mol. The second-order valence-electron chi connectivity index (χ2n) is 7.39. The number of carbonyl (C=O) groups excluding carboxylic acids is 3. The highest BCUT2D eigenvalue weighted by Crippen LogP contribution is 2.15. The molecule has 30 heavy (non-hydrogen) atoms. The molecule has 0 unspecified atom stereocenters. The molecule has 3 amide bonds. The molecule has 0 saturated carbocycles. The molecule has 0 atom stereocenters. The molecule has 160 valence electrons. The van der Waals surface area contributed by atoms with Crippen molar-refractivity contribution in [2.24, 2.45) is 5.92 Å². The lowest BCUT2D eigenvalue weighted by Crippen LogP contribution is -2.29. The first kappa shape index (κ1) is 22.9. The van der Waals surface area contributed by atoms with E-state index in [-0.39, 0.29) is 24.3 Å². The van der Waals surface area contributed by atoms with Crippen molar-refractivity contribution in [1.82, 2.24) is 10.6 Å². The van der Waals surface area contributed by atoms with Crippen molar-refractivity contribution in [2.45, 2.75) is 27.2 Å². The Kier molecular flexibility index (Phi) is 8.87. The van der Waals surface area contributed by atoms with Gasteiger partial charge in [0.25, 0.3) is 11.8 Å². The number of hydrogen-bond acceptors (Lipinski definition) is 4. The molecule has 0 radical (unpaired) electrons. The molecular weight excluding hydrogens is 380 g/mol. The molecule has 0 spiro atoms. The zero-order valence-electron chi connectivity index (χ0n) is 17.7. The van der Waals surface area contributed by atoms with Crippen LogP contribution in [0.4, 0.5) is 11.4 Å². The fourth-order valence-corrected chi connectivity index (χ4v) is 2.67. The molecule has 0 aliphatic rings. The van der Waals surface area contributed by atoms with Crippen molar-refractivity contribution in [2.75, 3.05) is 30.3 Å². The number of benzene rings is 2. The third-order valence-corrected chi connectivity index (χ3v) is 4.23. The van der Waals surface area contributed by atoms with Crippen LogP contribution < -0.4 is 21.3 Å². The predicted octanol–water partition coefficient (Wildman–Crippen LogP) is 3.26. The highest BCUT2D eigenvalue weighted by atomic mass is 16.2. The molecule has 2 aromatic carbocycles. The van der Waals surface area contributed by atoms with E-state index in [0.29, 0.717) is 41.5 Å². The van der Waals surface area contributed by atoms with Gasteiger partial charge in [0.15, 0.2) is 0 Å². The number of para-hydroxylation sites is 1. The Morgan fingerprint density at radius 2 is 1.70 bits per heavy atom. The molecule has 0 heterocycles. The van der Waals surface area contributed by atoms with Gasteiger partial charge in [-0.05, 0) is 42.7 Å². The average molecular weight is 411 g/mol. The van der Waals surface area contributed by atoms with Crippen LogP contribution in [-0.2, 0) is 4.79 Å². The van der Waals surface area contributed by atoms with Gasteiger partial charge in [-0.1, -0.05) is 39.0 Å². The molecule has 0 bridgehead atoms. The van der Waals surface area contributed by atoms with Gasteiger partial charge < -0.3 is 21.3 Å². The van der Waals surface area contributed by atoms with Crippen molar-refractivity contribution in [3.63, 3.8) is 0 Å². The smallest absolute Gasteiger partial charge is 0.253 e. The summed E-state index contributed by atoms with van der Waals surface area (Å²) in [5.41, 5.74) is 2.07. The van der Waals surface area contributed by atoms with Crippen molar-refractivity contribution in [1.29, 1.82) is 0 Å². The molecule has 0 saturated heterocycles. The number of anilines is 2. The van der Waals surface area contributed by atoms with Crippen LogP contribution in [-0.4, -0.2) is 37.4 Å². The molecule has 0 aromatic heterocycles. The van der Waals surface area contributed by atoms with Gasteiger partial charge in [-0.25, -0.2) is 0 Å². The molecule has 7 heteroatoms. The number of carbonyl (C=O) groups is 3. The first-order valence-electron chi connectivity index (χ1n) is 10.2. The van der Waals surface area contributed by atoms with Gasteiger partial charge in [-0.2, -0.15) is 0 Å². The van der Waals surface area contributed by atoms with E-state index in [4.69, 9.17) is 0 Å². The van der Waals surface area contributed by atoms with Crippen LogP contribution in [0.3, 0.4) is 0 Å². The highest BCUT2D eigenvalue weighted by molar-refractivity contribution is 6.04. The summed E-state index contributed by atoms with van der Waals surface area (Å²) < 4.78 is 0. The second-order valence-corrected chi connectivity index (χ2v) is 7.39. The Morgan fingerprint density at radius 1 is 0.933 bits per heavy atom. The Morgan fingerprint density at radius 3 is 2.43 bits per heavy atom. The molecule has 2 rings (SSSR count). The lowest BCUT2D eigenvalue weighted by atomic mass is 10.1. The van der Waals surface area contributed by atoms with Crippen LogP contribution in [0.5, 0.6) is 0 Å². The number of rotatable bonds is 10.